The minimum absolute atomic E-state index is 0.00353. The van der Waals surface area contributed by atoms with Crippen molar-refractivity contribution in [2.24, 2.45) is 0 Å². The third-order valence-corrected chi connectivity index (χ3v) is 13.7. The fourth-order valence-electron chi connectivity index (χ4n) is 9.50. The summed E-state index contributed by atoms with van der Waals surface area (Å²) in [5.41, 5.74) is 3.02. The van der Waals surface area contributed by atoms with E-state index in [2.05, 4.69) is 32.0 Å². The van der Waals surface area contributed by atoms with Crippen molar-refractivity contribution in [2.75, 3.05) is 61.1 Å². The lowest BCUT2D eigenvalue weighted by Gasteiger charge is -2.32. The minimum Gasteiger partial charge on any atom is -0.493 e. The van der Waals surface area contributed by atoms with Gasteiger partial charge in [-0.3, -0.25) is 19.2 Å². The van der Waals surface area contributed by atoms with E-state index in [0.29, 0.717) is 111 Å². The van der Waals surface area contributed by atoms with Crippen LogP contribution in [0.15, 0.2) is 79.4 Å². The van der Waals surface area contributed by atoms with E-state index in [-0.39, 0.29) is 42.9 Å². The Hall–Kier alpha value is -6.33. The smallest absolute Gasteiger partial charge is 0.408 e. The lowest BCUT2D eigenvalue weighted by Crippen LogP contribution is -2.48. The van der Waals surface area contributed by atoms with E-state index in [9.17, 15) is 29.1 Å². The Kier molecular flexibility index (Phi) is 19.3. The molecular weight excluding hydrogens is 991 g/mol. The molecule has 4 N–H and O–H groups in total. The lowest BCUT2D eigenvalue weighted by molar-refractivity contribution is -0.119. The molecule has 5 amide bonds. The van der Waals surface area contributed by atoms with Crippen LogP contribution in [0.3, 0.4) is 0 Å². The number of rotatable bonds is 23. The normalized spacial score (nSPS) is 17.4. The van der Waals surface area contributed by atoms with Crippen molar-refractivity contribution in [3.8, 4) is 17.2 Å². The first kappa shape index (κ1) is 55.4. The molecule has 20 heteroatoms. The van der Waals surface area contributed by atoms with E-state index in [0.717, 1.165) is 28.4 Å². The molecule has 3 aliphatic rings. The van der Waals surface area contributed by atoms with Gasteiger partial charge < -0.3 is 54.3 Å². The number of nitrogens with one attached hydrogen (secondary N) is 3. The average Bonchev–Trinajstić information content (AvgIpc) is 4.02. The predicted molar refractivity (Wildman–Crippen MR) is 286 cm³/mol. The molecule has 2 unspecified atom stereocenters. The number of carbonyl (C=O) groups excluding carboxylic acids is 5. The fraction of sp³-hybridized carbons (Fsp3) is 0.463. The number of carbonyl (C=O) groups is 5. The minimum atomic E-state index is -1.21. The van der Waals surface area contributed by atoms with Crippen LogP contribution < -0.4 is 39.9 Å². The Balaban J connectivity index is 0.961. The number of alkyl halides is 1. The summed E-state index contributed by atoms with van der Waals surface area (Å²) in [4.78, 5) is 75.7. The van der Waals surface area contributed by atoms with Gasteiger partial charge in [0, 0.05) is 61.1 Å². The van der Waals surface area contributed by atoms with Crippen molar-refractivity contribution < 1.29 is 57.4 Å². The molecule has 4 aromatic rings. The maximum absolute atomic E-state index is 14.1. The van der Waals surface area contributed by atoms with Gasteiger partial charge in [-0.05, 0) is 107 Å². The predicted octanol–water partition coefficient (Wildman–Crippen LogP) is 9.11. The number of fused-ring (bicyclic) bond motifs is 5. The van der Waals surface area contributed by atoms with Gasteiger partial charge >= 0.3 is 12.2 Å². The van der Waals surface area contributed by atoms with Crippen LogP contribution >= 0.6 is 21.1 Å². The molecule has 4 aromatic carbocycles. The third kappa shape index (κ3) is 13.7. The van der Waals surface area contributed by atoms with Crippen molar-refractivity contribution in [3.63, 3.8) is 0 Å². The van der Waals surface area contributed by atoms with E-state index in [4.69, 9.17) is 39.9 Å². The zero-order chi connectivity index (χ0) is 52.9. The number of nitrogens with zero attached hydrogens (tertiary/aromatic N) is 3. The zero-order valence-electron chi connectivity index (χ0n) is 42.5. The monoisotopic (exact) mass is 1060 g/mol. The van der Waals surface area contributed by atoms with Gasteiger partial charge in [0.2, 0.25) is 11.8 Å². The summed E-state index contributed by atoms with van der Waals surface area (Å²) in [5.74, 6) is 1.06. The molecule has 1 fully saturated rings. The number of hydrogen-bond acceptors (Lipinski definition) is 13. The first-order valence-corrected chi connectivity index (χ1v) is 26.1. The summed E-state index contributed by atoms with van der Waals surface area (Å²) in [5, 5.41) is 23.4. The van der Waals surface area contributed by atoms with E-state index in [1.807, 2.05) is 35.2 Å². The van der Waals surface area contributed by atoms with Gasteiger partial charge in [-0.1, -0.05) is 49.1 Å². The molecule has 3 aliphatic heterocycles. The molecule has 74 heavy (non-hydrogen) atoms. The second-order valence-corrected chi connectivity index (χ2v) is 20.0. The van der Waals surface area contributed by atoms with E-state index in [1.165, 1.54) is 18.2 Å². The molecular formula is C54H68ClN6O12P. The van der Waals surface area contributed by atoms with E-state index < -0.39 is 42.0 Å². The largest absolute Gasteiger partial charge is 0.493 e. The zero-order valence-corrected chi connectivity index (χ0v) is 44.4. The molecule has 0 aromatic heterocycles. The quantitative estimate of drug-likeness (QED) is 0.0237. The number of unbranched alkanes of at least 4 members (excludes halogenated alkanes) is 3. The van der Waals surface area contributed by atoms with Gasteiger partial charge in [-0.2, -0.15) is 0 Å². The third-order valence-electron chi connectivity index (χ3n) is 13.1. The average molecular weight is 1060 g/mol. The number of hydroxylamine groups is 1. The molecule has 0 bridgehead atoms. The molecule has 0 spiro atoms. The molecule has 18 nitrogen and oxygen atoms in total. The highest BCUT2D eigenvalue weighted by molar-refractivity contribution is 7.10. The first-order chi connectivity index (χ1) is 35.6. The van der Waals surface area contributed by atoms with Crippen LogP contribution in [0.25, 0.3) is 10.8 Å². The number of aliphatic hydroxyl groups is 1. The molecule has 0 aliphatic carbocycles. The fourth-order valence-corrected chi connectivity index (χ4v) is 9.94. The number of benzene rings is 4. The van der Waals surface area contributed by atoms with E-state index >= 15 is 0 Å². The Morgan fingerprint density at radius 3 is 2.42 bits per heavy atom. The van der Waals surface area contributed by atoms with Crippen LogP contribution in [-0.4, -0.2) is 110 Å². The molecule has 5 atom stereocenters. The number of aliphatic hydroxyl groups excluding tert-OH is 1. The summed E-state index contributed by atoms with van der Waals surface area (Å²) in [6.45, 7) is 10.4. The summed E-state index contributed by atoms with van der Waals surface area (Å²) >= 11 is 6.45. The van der Waals surface area contributed by atoms with Crippen molar-refractivity contribution in [1.29, 1.82) is 0 Å². The van der Waals surface area contributed by atoms with Gasteiger partial charge in [0.15, 0.2) is 17.7 Å². The van der Waals surface area contributed by atoms with Crippen LogP contribution in [0.5, 0.6) is 17.2 Å². The number of ether oxygens (including phenoxy) is 4. The molecule has 0 radical (unpaired) electrons. The van der Waals surface area contributed by atoms with Crippen molar-refractivity contribution in [3.05, 3.63) is 96.1 Å². The summed E-state index contributed by atoms with van der Waals surface area (Å²) < 4.78 is 28.0. The standard InChI is InChI=1S/C54H68ClN6O12P/c1-6-26-70-53(67)58-40(17-11-12-24-56-52(66)72-54(2,3)4)49(63)57-36-22-20-34(21-23-36)33-71-61-42-29-46(45(68-5)28-39(42)50(64)59-25-14-18-41(59)51(61)65)69-27-13-7-8-19-47(62)60-32-35(31-55)48-38-16-10-9-15-37(38)44(73-74)30-43(48)60/h6,9-10,15-16,20-23,28-30,35,40-41,51,65H,1,7-8,11-14,17-19,24-27,31-33,74H2,2-5H3,(H,56,66)(H,57,63)(H,58,67)/t35-,40+,41+,51?/m1/s1. The van der Waals surface area contributed by atoms with Gasteiger partial charge in [0.05, 0.1) is 46.2 Å². The summed E-state index contributed by atoms with van der Waals surface area (Å²) in [7, 11) is 3.81. The number of amides is 5. The Bertz CT molecular complexity index is 2650. The summed E-state index contributed by atoms with van der Waals surface area (Å²) in [6.07, 6.45) is 3.79. The second kappa shape index (κ2) is 25.7. The SMILES string of the molecule is C=CCOC(=O)N[C@@H](CCCCNC(=O)OC(C)(C)C)C(=O)Nc1ccc(CON2c3cc(OCCCCCC(=O)N4C[C@@H](CCl)c5c4cc(OP)c4ccccc54)c(OC)cc3C(=O)N3CCC[C@H]3C2O)cc1. The topological polar surface area (TPSA) is 207 Å². The number of anilines is 3. The number of methoxy groups -OCH3 is 1. The van der Waals surface area contributed by atoms with Crippen LogP contribution in [0.2, 0.25) is 0 Å². The van der Waals surface area contributed by atoms with Gasteiger partial charge in [0.25, 0.3) is 5.91 Å². The molecule has 398 valence electrons. The lowest BCUT2D eigenvalue weighted by atomic mass is 9.95. The van der Waals surface area contributed by atoms with Gasteiger partial charge in [-0.15, -0.1) is 11.6 Å². The van der Waals surface area contributed by atoms with Crippen molar-refractivity contribution in [1.82, 2.24) is 15.5 Å². The number of hydrogen-bond donors (Lipinski definition) is 4. The van der Waals surface area contributed by atoms with Crippen LogP contribution in [0.4, 0.5) is 26.7 Å². The van der Waals surface area contributed by atoms with Crippen molar-refractivity contribution >= 4 is 78.8 Å². The summed E-state index contributed by atoms with van der Waals surface area (Å²) in [6, 6.07) is 18.6. The highest BCUT2D eigenvalue weighted by atomic mass is 35.5. The van der Waals surface area contributed by atoms with Gasteiger partial charge in [0.1, 0.15) is 30.6 Å². The molecule has 7 rings (SSSR count). The van der Waals surface area contributed by atoms with Gasteiger partial charge in [-0.25, -0.2) is 14.7 Å². The van der Waals surface area contributed by atoms with Crippen LogP contribution in [-0.2, 0) is 30.5 Å². The van der Waals surface area contributed by atoms with Crippen molar-refractivity contribution in [2.45, 2.75) is 115 Å². The highest BCUT2D eigenvalue weighted by Gasteiger charge is 2.44. The Labute approximate surface area is 439 Å². The van der Waals surface area contributed by atoms with E-state index in [1.54, 1.807) is 62.1 Å². The first-order valence-electron chi connectivity index (χ1n) is 25.1. The highest BCUT2D eigenvalue weighted by Crippen LogP contribution is 2.46. The molecule has 0 saturated carbocycles. The number of alkyl carbamates (subject to hydrolysis) is 2. The maximum atomic E-state index is 14.1. The van der Waals surface area contributed by atoms with Crippen LogP contribution in [0.1, 0.15) is 106 Å². The molecule has 1 saturated heterocycles. The second-order valence-electron chi connectivity index (χ2n) is 19.4. The van der Waals surface area contributed by atoms with Crippen LogP contribution in [0, 0.1) is 0 Å². The maximum Gasteiger partial charge on any atom is 0.408 e. The Morgan fingerprint density at radius 2 is 1.70 bits per heavy atom. The number of halogens is 1. The Morgan fingerprint density at radius 1 is 0.946 bits per heavy atom. The molecule has 3 heterocycles.